The highest BCUT2D eigenvalue weighted by Crippen LogP contribution is 2.46. The molecule has 2 unspecified atom stereocenters. The molecule has 2 saturated heterocycles. The van der Waals surface area contributed by atoms with E-state index in [0.29, 0.717) is 68.5 Å². The summed E-state index contributed by atoms with van der Waals surface area (Å²) in [5.74, 6) is -1.67. The van der Waals surface area contributed by atoms with Gasteiger partial charge in [0, 0.05) is 95.4 Å². The number of likely N-dealkylation sites (tertiary alicyclic amines) is 1. The van der Waals surface area contributed by atoms with Crippen molar-refractivity contribution in [1.82, 2.24) is 25.3 Å². The molecule has 0 aromatic heterocycles. The van der Waals surface area contributed by atoms with E-state index < -0.39 is 42.0 Å². The third-order valence-corrected chi connectivity index (χ3v) is 16.4. The van der Waals surface area contributed by atoms with Crippen molar-refractivity contribution in [3.63, 3.8) is 0 Å². The van der Waals surface area contributed by atoms with Crippen LogP contribution in [0.3, 0.4) is 0 Å². The summed E-state index contributed by atoms with van der Waals surface area (Å²) in [6.07, 6.45) is 8.33. The zero-order chi connectivity index (χ0) is 53.6. The van der Waals surface area contributed by atoms with Crippen LogP contribution in [-0.4, -0.2) is 127 Å². The standard InChI is InChI=1S/C59H84N6O9/c1-10-38(4)56(63(7)59(72)46(37(2)3)33-50(67)55-47-31-44(47)36-61-55)51(73-8)34-54(70)65-29-17-20-48(65)57(74-9)40(6)49(66)32-43(30-41-18-13-11-14-19-41)58(71)62-45-25-23-42(24-26-45)35-60-52(68)21-15-12-16-28-64-39(5)22-27-53(64)69/h11,13-14,18-19,22-27,37-38,40,43-44,46-48,51,55-57,61H,5,10,12,15-17,20-21,28-36H2,1-4,6-9H3,(H,60,68)(H,62,71)/t38-,40-,43+,44?,46-,47?,48-,51+,55-,56-,57+/m0/s1. The Morgan fingerprint density at radius 3 is 2.23 bits per heavy atom. The molecule has 3 heterocycles. The quantitative estimate of drug-likeness (QED) is 0.0672. The fraction of sp³-hybridized carbons (Fsp3) is 0.610. The topological polar surface area (TPSA) is 184 Å². The minimum absolute atomic E-state index is 0.0139. The molecule has 2 aromatic carbocycles. The van der Waals surface area contributed by atoms with Gasteiger partial charge >= 0.3 is 0 Å². The molecule has 15 nitrogen and oxygen atoms in total. The first kappa shape index (κ1) is 57.8. The molecule has 5 amide bonds. The number of anilines is 1. The molecule has 2 aromatic rings. The molecule has 3 aliphatic heterocycles. The van der Waals surface area contributed by atoms with Crippen molar-refractivity contribution >= 4 is 46.8 Å². The number of ether oxygens (including phenoxy) is 2. The van der Waals surface area contributed by atoms with Gasteiger partial charge in [0.1, 0.15) is 5.78 Å². The number of carbonyl (C=O) groups is 7. The number of amides is 5. The maximum atomic E-state index is 14.5. The highest BCUT2D eigenvalue weighted by molar-refractivity contribution is 5.96. The number of methoxy groups -OCH3 is 2. The van der Waals surface area contributed by atoms with Crippen LogP contribution in [-0.2, 0) is 56.0 Å². The number of piperidine rings is 1. The summed E-state index contributed by atoms with van der Waals surface area (Å²) in [4.78, 5) is 101. The number of rotatable bonds is 30. The number of hydrogen-bond donors (Lipinski definition) is 3. The summed E-state index contributed by atoms with van der Waals surface area (Å²) in [6.45, 7) is 16.1. The molecule has 74 heavy (non-hydrogen) atoms. The minimum Gasteiger partial charge on any atom is -0.379 e. The van der Waals surface area contributed by atoms with Gasteiger partial charge in [-0.3, -0.25) is 33.6 Å². The zero-order valence-electron chi connectivity index (χ0n) is 45.3. The first-order valence-corrected chi connectivity index (χ1v) is 27.2. The van der Waals surface area contributed by atoms with Gasteiger partial charge in [-0.15, -0.1) is 0 Å². The SMILES string of the molecule is C=C1C=CC(=O)N1CCCCCC(=O)NCc1ccc(NC(=O)[C@@H](CC(=O)[C@H](C)[C@@H](OC)[C@@H]2CCCN2C(=O)C[C@@H](OC)[C@H]([C@@H](C)CC)N(C)C(=O)[C@@H](CC(=O)[C@H]2NCC3CC32)C(C)C)Cc2ccccc2)cc1. The zero-order valence-corrected chi connectivity index (χ0v) is 45.3. The molecule has 11 atom stereocenters. The highest BCUT2D eigenvalue weighted by atomic mass is 16.5. The number of benzene rings is 2. The van der Waals surface area contributed by atoms with Crippen molar-refractivity contribution in [1.29, 1.82) is 0 Å². The predicted molar refractivity (Wildman–Crippen MR) is 286 cm³/mol. The van der Waals surface area contributed by atoms with Gasteiger partial charge in [0.05, 0.1) is 36.8 Å². The molecular formula is C59H84N6O9. The van der Waals surface area contributed by atoms with Crippen molar-refractivity contribution in [2.24, 2.45) is 41.4 Å². The Kier molecular flexibility index (Phi) is 21.3. The third-order valence-electron chi connectivity index (χ3n) is 16.4. The Morgan fingerprint density at radius 2 is 1.62 bits per heavy atom. The summed E-state index contributed by atoms with van der Waals surface area (Å²) in [7, 11) is 4.93. The lowest BCUT2D eigenvalue weighted by Gasteiger charge is -2.41. The third kappa shape index (κ3) is 15.1. The van der Waals surface area contributed by atoms with Crippen molar-refractivity contribution in [3.8, 4) is 0 Å². The molecule has 0 radical (unpaired) electrons. The Balaban J connectivity index is 1.04. The van der Waals surface area contributed by atoms with Gasteiger partial charge < -0.3 is 40.1 Å². The number of likely N-dealkylation sites (N-methyl/N-ethyl adjacent to an activating group) is 1. The fourth-order valence-corrected chi connectivity index (χ4v) is 11.5. The maximum Gasteiger partial charge on any atom is 0.251 e. The number of hydrogen-bond acceptors (Lipinski definition) is 10. The van der Waals surface area contributed by atoms with E-state index in [1.54, 1.807) is 49.3 Å². The summed E-state index contributed by atoms with van der Waals surface area (Å²) < 4.78 is 12.2. The van der Waals surface area contributed by atoms with Crippen molar-refractivity contribution in [3.05, 3.63) is 90.2 Å². The van der Waals surface area contributed by atoms with Crippen LogP contribution in [0.15, 0.2) is 79.0 Å². The van der Waals surface area contributed by atoms with E-state index in [-0.39, 0.29) is 78.2 Å². The van der Waals surface area contributed by atoms with Gasteiger partial charge in [-0.2, -0.15) is 0 Å². The second-order valence-electron chi connectivity index (χ2n) is 21.8. The van der Waals surface area contributed by atoms with E-state index in [2.05, 4.69) is 36.4 Å². The van der Waals surface area contributed by atoms with Crippen molar-refractivity contribution in [2.45, 2.75) is 149 Å². The Bertz CT molecular complexity index is 2280. The molecule has 3 N–H and O–H groups in total. The van der Waals surface area contributed by atoms with Crippen LogP contribution in [0.1, 0.15) is 116 Å². The van der Waals surface area contributed by atoms with Crippen molar-refractivity contribution in [2.75, 3.05) is 46.2 Å². The van der Waals surface area contributed by atoms with Gasteiger partial charge in [0.15, 0.2) is 5.78 Å². The average molecular weight is 1020 g/mol. The smallest absolute Gasteiger partial charge is 0.251 e. The molecule has 15 heteroatoms. The van der Waals surface area contributed by atoms with Crippen LogP contribution < -0.4 is 16.0 Å². The largest absolute Gasteiger partial charge is 0.379 e. The van der Waals surface area contributed by atoms with Gasteiger partial charge in [-0.25, -0.2) is 0 Å². The Morgan fingerprint density at radius 1 is 0.892 bits per heavy atom. The monoisotopic (exact) mass is 1020 g/mol. The Hall–Kier alpha value is -5.51. The number of nitrogens with zero attached hydrogens (tertiary/aromatic N) is 3. The minimum atomic E-state index is -0.700. The second-order valence-corrected chi connectivity index (χ2v) is 21.8. The van der Waals surface area contributed by atoms with E-state index in [9.17, 15) is 33.6 Å². The van der Waals surface area contributed by atoms with Gasteiger partial charge in [0.2, 0.25) is 23.6 Å². The molecule has 1 aliphatic carbocycles. The van der Waals surface area contributed by atoms with Crippen LogP contribution >= 0.6 is 0 Å². The molecule has 0 spiro atoms. The van der Waals surface area contributed by atoms with Crippen LogP contribution in [0.4, 0.5) is 5.69 Å². The summed E-state index contributed by atoms with van der Waals surface area (Å²) in [5.41, 5.74) is 3.05. The highest BCUT2D eigenvalue weighted by Gasteiger charge is 2.51. The molecule has 1 saturated carbocycles. The van der Waals surface area contributed by atoms with E-state index >= 15 is 0 Å². The molecule has 6 rings (SSSR count). The van der Waals surface area contributed by atoms with Gasteiger partial charge in [0.25, 0.3) is 5.91 Å². The number of carbonyl (C=O) groups excluding carboxylic acids is 7. The molecule has 404 valence electrons. The van der Waals surface area contributed by atoms with E-state index in [0.717, 1.165) is 49.8 Å². The predicted octanol–water partition coefficient (Wildman–Crippen LogP) is 7.29. The van der Waals surface area contributed by atoms with Crippen LogP contribution in [0.25, 0.3) is 0 Å². The van der Waals surface area contributed by atoms with Crippen LogP contribution in [0.2, 0.25) is 0 Å². The van der Waals surface area contributed by atoms with E-state index in [1.165, 1.54) is 6.08 Å². The number of Topliss-reactive ketones (excluding diaryl/α,β-unsaturated/α-hetero) is 2. The van der Waals surface area contributed by atoms with E-state index in [4.69, 9.17) is 9.47 Å². The summed E-state index contributed by atoms with van der Waals surface area (Å²) in [6, 6.07) is 15.9. The number of allylic oxidation sites excluding steroid dienone is 1. The van der Waals surface area contributed by atoms with Crippen LogP contribution in [0.5, 0.6) is 0 Å². The van der Waals surface area contributed by atoms with E-state index in [1.807, 2.05) is 68.1 Å². The molecule has 4 aliphatic rings. The molecule has 0 bridgehead atoms. The first-order chi connectivity index (χ1) is 35.4. The lowest BCUT2D eigenvalue weighted by molar-refractivity contribution is -0.149. The Labute approximate surface area is 440 Å². The maximum absolute atomic E-state index is 14.5. The number of nitrogens with one attached hydrogen (secondary N) is 3. The summed E-state index contributed by atoms with van der Waals surface area (Å²) in [5, 5.41) is 9.36. The number of fused-ring (bicyclic) bond motifs is 1. The summed E-state index contributed by atoms with van der Waals surface area (Å²) >= 11 is 0. The number of ketones is 2. The normalized spacial score (nSPS) is 21.9. The van der Waals surface area contributed by atoms with Gasteiger partial charge in [-0.1, -0.05) is 96.5 Å². The number of unbranched alkanes of at least 4 members (excludes halogenated alkanes) is 2. The molecule has 3 fully saturated rings. The fourth-order valence-electron chi connectivity index (χ4n) is 11.5. The lowest BCUT2D eigenvalue weighted by Crippen LogP contribution is -2.54. The van der Waals surface area contributed by atoms with Gasteiger partial charge in [-0.05, 0) is 98.1 Å². The average Bonchev–Trinajstić information content (AvgIpc) is 3.62. The van der Waals surface area contributed by atoms with Crippen molar-refractivity contribution < 1.29 is 43.0 Å². The second kappa shape index (κ2) is 27.3. The molecular weight excluding hydrogens is 937 g/mol. The van der Waals surface area contributed by atoms with Crippen LogP contribution in [0, 0.1) is 41.4 Å². The first-order valence-electron chi connectivity index (χ1n) is 27.2. The lowest BCUT2D eigenvalue weighted by atomic mass is 9.84.